The second-order valence-corrected chi connectivity index (χ2v) is 9.73. The molecule has 0 aliphatic heterocycles. The monoisotopic (exact) mass is 403 g/mol. The van der Waals surface area contributed by atoms with E-state index in [4.69, 9.17) is 10.8 Å². The highest BCUT2D eigenvalue weighted by Crippen LogP contribution is 2.62. The predicted molar refractivity (Wildman–Crippen MR) is 118 cm³/mol. The van der Waals surface area contributed by atoms with E-state index in [1.807, 2.05) is 30.3 Å². The fourth-order valence-corrected chi connectivity index (χ4v) is 6.82. The summed E-state index contributed by atoms with van der Waals surface area (Å²) in [5.41, 5.74) is 11.0. The first-order chi connectivity index (χ1) is 14.5. The third-order valence-corrected chi connectivity index (χ3v) is 7.68. The molecular weight excluding hydrogens is 374 g/mol. The van der Waals surface area contributed by atoms with Gasteiger partial charge in [0.25, 0.3) is 0 Å². The molecule has 2 aromatic carbocycles. The third kappa shape index (κ3) is 3.33. The van der Waals surface area contributed by atoms with E-state index in [-0.39, 0.29) is 5.41 Å². The summed E-state index contributed by atoms with van der Waals surface area (Å²) in [6.07, 6.45) is 10.4. The van der Waals surface area contributed by atoms with E-state index in [1.165, 1.54) is 38.5 Å². The number of phenolic OH excluding ortho intramolecular Hbond substituents is 1. The average Bonchev–Trinajstić information content (AvgIpc) is 2.72. The Hall–Kier alpha value is -2.59. The second-order valence-electron chi connectivity index (χ2n) is 9.73. The molecule has 4 nitrogen and oxygen atoms in total. The molecule has 4 N–H and O–H groups in total. The molecule has 0 radical (unpaired) electrons. The van der Waals surface area contributed by atoms with Gasteiger partial charge in [0.2, 0.25) is 0 Å². The second kappa shape index (κ2) is 7.28. The van der Waals surface area contributed by atoms with Crippen LogP contribution in [-0.2, 0) is 16.8 Å². The normalized spacial score (nSPS) is 29.6. The number of aliphatic carboxylic acids is 1. The highest BCUT2D eigenvalue weighted by Gasteiger charge is 2.52. The van der Waals surface area contributed by atoms with Crippen molar-refractivity contribution < 1.29 is 15.0 Å². The van der Waals surface area contributed by atoms with Gasteiger partial charge in [0.05, 0.1) is 0 Å². The molecule has 0 atom stereocenters. The van der Waals surface area contributed by atoms with Crippen molar-refractivity contribution in [2.24, 2.45) is 23.5 Å². The molecule has 0 aromatic heterocycles. The number of hydrogen-bond donors (Lipinski definition) is 3. The maximum absolute atomic E-state index is 11.1. The first-order valence-electron chi connectivity index (χ1n) is 11.0. The number of nitrogens with two attached hydrogens (primary N) is 1. The lowest BCUT2D eigenvalue weighted by atomic mass is 9.48. The van der Waals surface area contributed by atoms with E-state index < -0.39 is 5.97 Å². The zero-order chi connectivity index (χ0) is 20.9. The van der Waals surface area contributed by atoms with Gasteiger partial charge in [0, 0.05) is 23.7 Å². The number of carboxylic acid groups (broad SMARTS) is 1. The summed E-state index contributed by atoms with van der Waals surface area (Å²) in [5.74, 6) is 1.87. The van der Waals surface area contributed by atoms with Crippen LogP contribution in [0.25, 0.3) is 17.2 Å². The summed E-state index contributed by atoms with van der Waals surface area (Å²) in [6, 6.07) is 12.1. The van der Waals surface area contributed by atoms with Crippen molar-refractivity contribution in [3.8, 4) is 16.9 Å². The standard InChI is InChI=1S/C26H29NO3/c27-15-22-10-21(20-4-1-16(2-5-20)3-6-24(28)29)11-23(25(22)30)26-12-17-7-18(13-26)9-19(8-17)14-26/h1-6,10-11,17-19,30H,7-9,12-15,27H2,(H,28,29)/b6-3+. The van der Waals surface area contributed by atoms with Crippen LogP contribution in [0, 0.1) is 17.8 Å². The largest absolute Gasteiger partial charge is 0.507 e. The van der Waals surface area contributed by atoms with Crippen LogP contribution in [0.3, 0.4) is 0 Å². The number of rotatable bonds is 5. The number of carbonyl (C=O) groups is 1. The van der Waals surface area contributed by atoms with E-state index in [9.17, 15) is 9.90 Å². The number of hydrogen-bond acceptors (Lipinski definition) is 3. The molecule has 0 spiro atoms. The molecule has 4 heteroatoms. The van der Waals surface area contributed by atoms with Gasteiger partial charge in [-0.15, -0.1) is 0 Å². The molecule has 2 aromatic rings. The molecular formula is C26H29NO3. The van der Waals surface area contributed by atoms with Crippen LogP contribution < -0.4 is 5.73 Å². The first kappa shape index (κ1) is 19.4. The number of benzene rings is 2. The smallest absolute Gasteiger partial charge is 0.328 e. The van der Waals surface area contributed by atoms with Gasteiger partial charge in [-0.25, -0.2) is 4.79 Å². The van der Waals surface area contributed by atoms with Crippen LogP contribution >= 0.6 is 0 Å². The quantitative estimate of drug-likeness (QED) is 0.608. The fourth-order valence-electron chi connectivity index (χ4n) is 6.82. The van der Waals surface area contributed by atoms with Gasteiger partial charge < -0.3 is 15.9 Å². The molecule has 30 heavy (non-hydrogen) atoms. The lowest BCUT2D eigenvalue weighted by Crippen LogP contribution is -2.48. The Balaban J connectivity index is 1.54. The maximum atomic E-state index is 11.1. The minimum atomic E-state index is -0.953. The Labute approximate surface area is 177 Å². The third-order valence-electron chi connectivity index (χ3n) is 7.68. The zero-order valence-corrected chi connectivity index (χ0v) is 17.2. The molecule has 4 bridgehead atoms. The van der Waals surface area contributed by atoms with Gasteiger partial charge >= 0.3 is 5.97 Å². The van der Waals surface area contributed by atoms with Crippen LogP contribution in [-0.4, -0.2) is 16.2 Å². The van der Waals surface area contributed by atoms with E-state index in [1.54, 1.807) is 6.08 Å². The minimum Gasteiger partial charge on any atom is -0.507 e. The average molecular weight is 404 g/mol. The number of phenols is 1. The van der Waals surface area contributed by atoms with Gasteiger partial charge in [-0.1, -0.05) is 24.3 Å². The molecule has 4 fully saturated rings. The minimum absolute atomic E-state index is 0.100. The Morgan fingerprint density at radius 3 is 2.13 bits per heavy atom. The maximum Gasteiger partial charge on any atom is 0.328 e. The molecule has 4 aliphatic rings. The summed E-state index contributed by atoms with van der Waals surface area (Å²) in [5, 5.41) is 20.0. The van der Waals surface area contributed by atoms with Crippen molar-refractivity contribution in [2.75, 3.05) is 0 Å². The molecule has 0 heterocycles. The van der Waals surface area contributed by atoms with Gasteiger partial charge in [-0.2, -0.15) is 0 Å². The van der Waals surface area contributed by atoms with Gasteiger partial charge in [0.15, 0.2) is 0 Å². The molecule has 0 unspecified atom stereocenters. The van der Waals surface area contributed by atoms with Gasteiger partial charge in [-0.3, -0.25) is 0 Å². The number of aromatic hydroxyl groups is 1. The Bertz CT molecular complexity index is 970. The summed E-state index contributed by atoms with van der Waals surface area (Å²) in [6.45, 7) is 0.318. The highest BCUT2D eigenvalue weighted by molar-refractivity contribution is 5.85. The lowest BCUT2D eigenvalue weighted by Gasteiger charge is -2.57. The van der Waals surface area contributed by atoms with Crippen molar-refractivity contribution in [1.82, 2.24) is 0 Å². The first-order valence-corrected chi connectivity index (χ1v) is 11.0. The van der Waals surface area contributed by atoms with Crippen LogP contribution in [0.2, 0.25) is 0 Å². The molecule has 0 saturated heterocycles. The van der Waals surface area contributed by atoms with Crippen molar-refractivity contribution in [3.05, 3.63) is 59.2 Å². The summed E-state index contributed by atoms with van der Waals surface area (Å²) in [4.78, 5) is 10.7. The van der Waals surface area contributed by atoms with Crippen molar-refractivity contribution in [2.45, 2.75) is 50.5 Å². The molecule has 4 saturated carbocycles. The van der Waals surface area contributed by atoms with E-state index >= 15 is 0 Å². The van der Waals surface area contributed by atoms with E-state index in [2.05, 4.69) is 6.07 Å². The summed E-state index contributed by atoms with van der Waals surface area (Å²) >= 11 is 0. The Kier molecular flexibility index (Phi) is 4.70. The molecule has 156 valence electrons. The summed E-state index contributed by atoms with van der Waals surface area (Å²) in [7, 11) is 0. The topological polar surface area (TPSA) is 83.6 Å². The Morgan fingerprint density at radius 1 is 1.00 bits per heavy atom. The van der Waals surface area contributed by atoms with Crippen LogP contribution in [0.4, 0.5) is 0 Å². The zero-order valence-electron chi connectivity index (χ0n) is 17.2. The van der Waals surface area contributed by atoms with Crippen LogP contribution in [0.15, 0.2) is 42.5 Å². The molecule has 6 rings (SSSR count). The predicted octanol–water partition coefficient (Wildman–Crippen LogP) is 5.08. The Morgan fingerprint density at radius 2 is 1.60 bits per heavy atom. The van der Waals surface area contributed by atoms with Crippen LogP contribution in [0.1, 0.15) is 55.2 Å². The van der Waals surface area contributed by atoms with Crippen LogP contribution in [0.5, 0.6) is 5.75 Å². The van der Waals surface area contributed by atoms with Crippen molar-refractivity contribution >= 4 is 12.0 Å². The number of carboxylic acids is 1. The van der Waals surface area contributed by atoms with E-state index in [0.717, 1.165) is 51.6 Å². The SMILES string of the molecule is NCc1cc(-c2ccc(/C=C/C(=O)O)cc2)cc(C23CC4CC(CC(C4)C2)C3)c1O. The van der Waals surface area contributed by atoms with Gasteiger partial charge in [0.1, 0.15) is 5.75 Å². The summed E-state index contributed by atoms with van der Waals surface area (Å²) < 4.78 is 0. The van der Waals surface area contributed by atoms with Crippen molar-refractivity contribution in [3.63, 3.8) is 0 Å². The van der Waals surface area contributed by atoms with Crippen molar-refractivity contribution in [1.29, 1.82) is 0 Å². The molecule has 0 amide bonds. The highest BCUT2D eigenvalue weighted by atomic mass is 16.4. The van der Waals surface area contributed by atoms with E-state index in [0.29, 0.717) is 12.3 Å². The lowest BCUT2D eigenvalue weighted by molar-refractivity contribution is -0.131. The van der Waals surface area contributed by atoms with Gasteiger partial charge in [-0.05, 0) is 96.6 Å². The molecule has 4 aliphatic carbocycles. The fraction of sp³-hybridized carbons (Fsp3) is 0.423.